The van der Waals surface area contributed by atoms with Gasteiger partial charge in [-0.2, -0.15) is 0 Å². The van der Waals surface area contributed by atoms with E-state index in [0.717, 1.165) is 30.6 Å². The summed E-state index contributed by atoms with van der Waals surface area (Å²) in [5, 5.41) is 0. The standard InChI is InChI=1S/C22H39NO/c1-16(2)14-18-6-8-19(9-7-18)15-17(3)20-10-12-21(13-11-20)22(24)23(4)5/h14,16-17,19-21H,6-13,15H2,1-5H3. The van der Waals surface area contributed by atoms with Crippen molar-refractivity contribution in [1.82, 2.24) is 4.90 Å². The molecule has 2 saturated carbocycles. The first-order valence-corrected chi connectivity index (χ1v) is 10.3. The molecule has 0 spiro atoms. The van der Waals surface area contributed by atoms with E-state index >= 15 is 0 Å². The highest BCUT2D eigenvalue weighted by Crippen LogP contribution is 2.39. The monoisotopic (exact) mass is 333 g/mol. The third-order valence-corrected chi connectivity index (χ3v) is 6.39. The minimum absolute atomic E-state index is 0.293. The summed E-state index contributed by atoms with van der Waals surface area (Å²) in [6.45, 7) is 7.05. The molecule has 0 saturated heterocycles. The van der Waals surface area contributed by atoms with E-state index in [1.807, 2.05) is 14.1 Å². The highest BCUT2D eigenvalue weighted by atomic mass is 16.2. The topological polar surface area (TPSA) is 20.3 Å². The fourth-order valence-electron chi connectivity index (χ4n) is 4.94. The predicted octanol–water partition coefficient (Wildman–Crippen LogP) is 5.68. The summed E-state index contributed by atoms with van der Waals surface area (Å²) in [5.41, 5.74) is 1.71. The lowest BCUT2D eigenvalue weighted by molar-refractivity contribution is -0.134. The highest BCUT2D eigenvalue weighted by molar-refractivity contribution is 5.78. The lowest BCUT2D eigenvalue weighted by Gasteiger charge is -2.35. The van der Waals surface area contributed by atoms with E-state index in [1.165, 1.54) is 44.9 Å². The van der Waals surface area contributed by atoms with Crippen molar-refractivity contribution < 1.29 is 4.79 Å². The molecule has 0 radical (unpaired) electrons. The van der Waals surface area contributed by atoms with Crippen LogP contribution in [-0.2, 0) is 4.79 Å². The molecule has 0 heterocycles. The van der Waals surface area contributed by atoms with Crippen molar-refractivity contribution in [3.8, 4) is 0 Å². The van der Waals surface area contributed by atoms with Crippen molar-refractivity contribution in [3.05, 3.63) is 11.6 Å². The van der Waals surface area contributed by atoms with Crippen LogP contribution < -0.4 is 0 Å². The van der Waals surface area contributed by atoms with Crippen LogP contribution in [0.2, 0.25) is 0 Å². The van der Waals surface area contributed by atoms with Gasteiger partial charge in [0, 0.05) is 20.0 Å². The SMILES string of the molecule is CC(C)C=C1CCC(CC(C)C2CCC(C(=O)N(C)C)CC2)CC1. The van der Waals surface area contributed by atoms with Crippen molar-refractivity contribution in [2.24, 2.45) is 29.6 Å². The Morgan fingerprint density at radius 1 is 1.04 bits per heavy atom. The molecule has 0 aliphatic heterocycles. The van der Waals surface area contributed by atoms with Gasteiger partial charge in [-0.25, -0.2) is 0 Å². The summed E-state index contributed by atoms with van der Waals surface area (Å²) < 4.78 is 0. The van der Waals surface area contributed by atoms with Crippen LogP contribution in [0.4, 0.5) is 0 Å². The molecule has 0 N–H and O–H groups in total. The van der Waals surface area contributed by atoms with Gasteiger partial charge in [-0.05, 0) is 81.5 Å². The van der Waals surface area contributed by atoms with Crippen LogP contribution >= 0.6 is 0 Å². The number of allylic oxidation sites excluding steroid dienone is 2. The maximum Gasteiger partial charge on any atom is 0.225 e. The predicted molar refractivity (Wildman–Crippen MR) is 103 cm³/mol. The molecule has 0 aromatic heterocycles. The van der Waals surface area contributed by atoms with Crippen molar-refractivity contribution in [1.29, 1.82) is 0 Å². The van der Waals surface area contributed by atoms with E-state index in [2.05, 4.69) is 26.8 Å². The van der Waals surface area contributed by atoms with Gasteiger partial charge in [0.25, 0.3) is 0 Å². The third-order valence-electron chi connectivity index (χ3n) is 6.39. The van der Waals surface area contributed by atoms with Crippen LogP contribution in [0, 0.1) is 29.6 Å². The molecule has 2 rings (SSSR count). The van der Waals surface area contributed by atoms with Crippen LogP contribution in [-0.4, -0.2) is 24.9 Å². The van der Waals surface area contributed by atoms with Crippen LogP contribution in [0.3, 0.4) is 0 Å². The Balaban J connectivity index is 1.73. The van der Waals surface area contributed by atoms with E-state index in [4.69, 9.17) is 0 Å². The Labute approximate surface area is 150 Å². The second-order valence-electron chi connectivity index (χ2n) is 9.07. The molecule has 2 aliphatic carbocycles. The van der Waals surface area contributed by atoms with Crippen LogP contribution in [0.15, 0.2) is 11.6 Å². The fraction of sp³-hybridized carbons (Fsp3) is 0.864. The van der Waals surface area contributed by atoms with E-state index in [0.29, 0.717) is 17.7 Å². The zero-order chi connectivity index (χ0) is 17.7. The van der Waals surface area contributed by atoms with Crippen molar-refractivity contribution >= 4 is 5.91 Å². The van der Waals surface area contributed by atoms with Crippen molar-refractivity contribution in [2.45, 2.75) is 78.6 Å². The molecular weight excluding hydrogens is 294 g/mol. The third kappa shape index (κ3) is 5.63. The normalized spacial score (nSPS) is 29.4. The number of amides is 1. The molecule has 0 aromatic rings. The summed E-state index contributed by atoms with van der Waals surface area (Å²) >= 11 is 0. The van der Waals surface area contributed by atoms with Gasteiger partial charge in [-0.1, -0.05) is 32.4 Å². The fourth-order valence-corrected chi connectivity index (χ4v) is 4.94. The van der Waals surface area contributed by atoms with Gasteiger partial charge in [-0.3, -0.25) is 4.79 Å². The number of carbonyl (C=O) groups is 1. The Morgan fingerprint density at radius 3 is 2.12 bits per heavy atom. The van der Waals surface area contributed by atoms with Gasteiger partial charge in [0.05, 0.1) is 0 Å². The smallest absolute Gasteiger partial charge is 0.225 e. The molecule has 2 fully saturated rings. The second-order valence-corrected chi connectivity index (χ2v) is 9.07. The molecule has 2 aliphatic rings. The molecular formula is C22H39NO. The lowest BCUT2D eigenvalue weighted by atomic mass is 9.71. The van der Waals surface area contributed by atoms with E-state index in [-0.39, 0.29) is 0 Å². The molecule has 0 aromatic carbocycles. The first kappa shape index (κ1) is 19.5. The zero-order valence-electron chi connectivity index (χ0n) is 16.7. The van der Waals surface area contributed by atoms with Gasteiger partial charge in [-0.15, -0.1) is 0 Å². The van der Waals surface area contributed by atoms with Crippen LogP contribution in [0.5, 0.6) is 0 Å². The van der Waals surface area contributed by atoms with Crippen molar-refractivity contribution in [2.75, 3.05) is 14.1 Å². The van der Waals surface area contributed by atoms with E-state index in [9.17, 15) is 4.79 Å². The van der Waals surface area contributed by atoms with Crippen LogP contribution in [0.1, 0.15) is 78.6 Å². The Morgan fingerprint density at radius 2 is 1.62 bits per heavy atom. The Bertz CT molecular complexity index is 419. The number of nitrogens with zero attached hydrogens (tertiary/aromatic N) is 1. The lowest BCUT2D eigenvalue weighted by Crippen LogP contribution is -2.33. The van der Waals surface area contributed by atoms with E-state index in [1.54, 1.807) is 10.5 Å². The molecule has 0 bridgehead atoms. The number of hydrogen-bond acceptors (Lipinski definition) is 1. The Hall–Kier alpha value is -0.790. The maximum atomic E-state index is 12.1. The number of hydrogen-bond donors (Lipinski definition) is 0. The Kier molecular flexibility index (Phi) is 7.37. The average molecular weight is 334 g/mol. The molecule has 1 atom stereocenters. The molecule has 24 heavy (non-hydrogen) atoms. The van der Waals surface area contributed by atoms with Crippen LogP contribution in [0.25, 0.3) is 0 Å². The molecule has 1 unspecified atom stereocenters. The van der Waals surface area contributed by atoms with Gasteiger partial charge >= 0.3 is 0 Å². The van der Waals surface area contributed by atoms with E-state index < -0.39 is 0 Å². The zero-order valence-corrected chi connectivity index (χ0v) is 16.7. The number of carbonyl (C=O) groups excluding carboxylic acids is 1. The quantitative estimate of drug-likeness (QED) is 0.593. The first-order valence-electron chi connectivity index (χ1n) is 10.3. The number of rotatable bonds is 5. The molecule has 1 amide bonds. The largest absolute Gasteiger partial charge is 0.349 e. The maximum absolute atomic E-state index is 12.1. The van der Waals surface area contributed by atoms with Crippen molar-refractivity contribution in [3.63, 3.8) is 0 Å². The van der Waals surface area contributed by atoms with Gasteiger partial charge in [0.15, 0.2) is 0 Å². The summed E-state index contributed by atoms with van der Waals surface area (Å²) in [6, 6.07) is 0. The summed E-state index contributed by atoms with van der Waals surface area (Å²) in [6.07, 6.45) is 14.1. The van der Waals surface area contributed by atoms with Gasteiger partial charge < -0.3 is 4.90 Å². The molecule has 2 nitrogen and oxygen atoms in total. The first-order chi connectivity index (χ1) is 11.4. The highest BCUT2D eigenvalue weighted by Gasteiger charge is 2.31. The molecule has 2 heteroatoms. The average Bonchev–Trinajstić information content (AvgIpc) is 2.55. The minimum Gasteiger partial charge on any atom is -0.349 e. The van der Waals surface area contributed by atoms with Gasteiger partial charge in [0.1, 0.15) is 0 Å². The van der Waals surface area contributed by atoms with Gasteiger partial charge in [0.2, 0.25) is 5.91 Å². The molecule has 138 valence electrons. The minimum atomic E-state index is 0.293. The summed E-state index contributed by atoms with van der Waals surface area (Å²) in [4.78, 5) is 13.9. The summed E-state index contributed by atoms with van der Waals surface area (Å²) in [7, 11) is 3.78. The summed E-state index contributed by atoms with van der Waals surface area (Å²) in [5.74, 6) is 3.96. The second kappa shape index (κ2) is 9.06.